The molecular formula is C9H19FN2. The van der Waals surface area contributed by atoms with Gasteiger partial charge in [0.1, 0.15) is 6.17 Å². The van der Waals surface area contributed by atoms with Crippen molar-refractivity contribution in [2.24, 2.45) is 0 Å². The Balaban J connectivity index is 2.34. The van der Waals surface area contributed by atoms with Gasteiger partial charge in [-0.1, -0.05) is 13.8 Å². The van der Waals surface area contributed by atoms with Crippen LogP contribution < -0.4 is 5.32 Å². The molecule has 0 aromatic rings. The van der Waals surface area contributed by atoms with Crippen LogP contribution in [0.5, 0.6) is 0 Å². The lowest BCUT2D eigenvalue weighted by molar-refractivity contribution is 0.118. The fourth-order valence-corrected chi connectivity index (χ4v) is 1.67. The summed E-state index contributed by atoms with van der Waals surface area (Å²) in [6, 6.07) is 0.456. The molecule has 0 aliphatic carbocycles. The lowest BCUT2D eigenvalue weighted by Crippen LogP contribution is -2.51. The van der Waals surface area contributed by atoms with E-state index < -0.39 is 6.17 Å². The highest BCUT2D eigenvalue weighted by Gasteiger charge is 2.27. The second kappa shape index (κ2) is 4.19. The van der Waals surface area contributed by atoms with Gasteiger partial charge in [0.05, 0.1) is 0 Å². The molecular weight excluding hydrogens is 155 g/mol. The average molecular weight is 174 g/mol. The highest BCUT2D eigenvalue weighted by atomic mass is 19.1. The van der Waals surface area contributed by atoms with Gasteiger partial charge in [-0.3, -0.25) is 0 Å². The Morgan fingerprint density at radius 3 is 2.67 bits per heavy atom. The van der Waals surface area contributed by atoms with E-state index in [2.05, 4.69) is 19.2 Å². The summed E-state index contributed by atoms with van der Waals surface area (Å²) in [5.41, 5.74) is 0. The van der Waals surface area contributed by atoms with Gasteiger partial charge >= 0.3 is 0 Å². The third-order valence-electron chi connectivity index (χ3n) is 2.29. The molecule has 2 nitrogen and oxygen atoms in total. The van der Waals surface area contributed by atoms with E-state index in [1.54, 1.807) is 0 Å². The normalized spacial score (nSPS) is 32.8. The summed E-state index contributed by atoms with van der Waals surface area (Å²) in [4.78, 5) is 2.04. The maximum atomic E-state index is 13.4. The van der Waals surface area contributed by atoms with Gasteiger partial charge in [-0.25, -0.2) is 4.39 Å². The van der Waals surface area contributed by atoms with Crippen molar-refractivity contribution in [3.05, 3.63) is 0 Å². The largest absolute Gasteiger partial charge is 0.309 e. The first-order valence-corrected chi connectivity index (χ1v) is 4.68. The number of halogens is 1. The molecule has 12 heavy (non-hydrogen) atoms. The van der Waals surface area contributed by atoms with E-state index in [1.807, 2.05) is 11.9 Å². The summed E-state index contributed by atoms with van der Waals surface area (Å²) >= 11 is 0. The molecule has 3 heteroatoms. The highest BCUT2D eigenvalue weighted by Crippen LogP contribution is 2.12. The second-order valence-electron chi connectivity index (χ2n) is 3.99. The van der Waals surface area contributed by atoms with Gasteiger partial charge in [0.15, 0.2) is 0 Å². The van der Waals surface area contributed by atoms with Crippen LogP contribution in [0.3, 0.4) is 0 Å². The van der Waals surface area contributed by atoms with Crippen LogP contribution in [0.15, 0.2) is 0 Å². The predicted molar refractivity (Wildman–Crippen MR) is 49.1 cm³/mol. The van der Waals surface area contributed by atoms with Crippen LogP contribution in [-0.4, -0.2) is 43.3 Å². The third-order valence-corrected chi connectivity index (χ3v) is 2.29. The summed E-state index contributed by atoms with van der Waals surface area (Å²) in [6.45, 7) is 5.70. The van der Waals surface area contributed by atoms with Crippen molar-refractivity contribution in [1.82, 2.24) is 10.2 Å². The molecule has 1 rings (SSSR count). The zero-order chi connectivity index (χ0) is 9.14. The topological polar surface area (TPSA) is 15.3 Å². The van der Waals surface area contributed by atoms with Crippen molar-refractivity contribution < 1.29 is 4.39 Å². The van der Waals surface area contributed by atoms with E-state index in [4.69, 9.17) is 0 Å². The number of rotatable bonds is 2. The summed E-state index contributed by atoms with van der Waals surface area (Å²) in [5.74, 6) is 0. The van der Waals surface area contributed by atoms with Crippen molar-refractivity contribution in [3.8, 4) is 0 Å². The molecule has 1 aliphatic rings. The first-order chi connectivity index (χ1) is 5.59. The van der Waals surface area contributed by atoms with Crippen LogP contribution in [0.4, 0.5) is 4.39 Å². The third kappa shape index (κ3) is 2.72. The van der Waals surface area contributed by atoms with Gasteiger partial charge in [-0.15, -0.1) is 0 Å². The standard InChI is InChI=1S/C9H19FN2/c1-7(2)11-9-4-5-12(3)6-8(9)10/h7-9,11H,4-6H2,1-3H3/t8-,9?/m0/s1. The molecule has 0 amide bonds. The molecule has 1 heterocycles. The fourth-order valence-electron chi connectivity index (χ4n) is 1.67. The van der Waals surface area contributed by atoms with Crippen LogP contribution in [0.25, 0.3) is 0 Å². The molecule has 2 atom stereocenters. The zero-order valence-corrected chi connectivity index (χ0v) is 8.18. The molecule has 1 saturated heterocycles. The van der Waals surface area contributed by atoms with Crippen molar-refractivity contribution in [3.63, 3.8) is 0 Å². The number of hydrogen-bond donors (Lipinski definition) is 1. The Labute approximate surface area is 74.1 Å². The van der Waals surface area contributed by atoms with Crippen molar-refractivity contribution in [2.75, 3.05) is 20.1 Å². The van der Waals surface area contributed by atoms with E-state index in [9.17, 15) is 4.39 Å². The lowest BCUT2D eigenvalue weighted by atomic mass is 10.0. The van der Waals surface area contributed by atoms with Crippen LogP contribution in [0.2, 0.25) is 0 Å². The van der Waals surface area contributed by atoms with E-state index in [-0.39, 0.29) is 6.04 Å². The van der Waals surface area contributed by atoms with Crippen LogP contribution in [0, 0.1) is 0 Å². The number of likely N-dealkylation sites (tertiary alicyclic amines) is 1. The minimum atomic E-state index is -0.703. The summed E-state index contributed by atoms with van der Waals surface area (Å²) in [6.07, 6.45) is 0.224. The zero-order valence-electron chi connectivity index (χ0n) is 8.18. The van der Waals surface area contributed by atoms with Gasteiger partial charge in [-0.2, -0.15) is 0 Å². The van der Waals surface area contributed by atoms with Crippen LogP contribution in [0.1, 0.15) is 20.3 Å². The Morgan fingerprint density at radius 2 is 2.17 bits per heavy atom. The molecule has 0 bridgehead atoms. The highest BCUT2D eigenvalue weighted by molar-refractivity contribution is 4.84. The molecule has 72 valence electrons. The van der Waals surface area contributed by atoms with Gasteiger partial charge in [0, 0.05) is 18.6 Å². The first kappa shape index (κ1) is 9.93. The molecule has 1 aliphatic heterocycles. The maximum absolute atomic E-state index is 13.4. The Hall–Kier alpha value is -0.150. The Kier molecular flexibility index (Phi) is 3.47. The van der Waals surface area contributed by atoms with Gasteiger partial charge in [0.25, 0.3) is 0 Å². The second-order valence-corrected chi connectivity index (χ2v) is 3.99. The molecule has 0 saturated carbocycles. The smallest absolute Gasteiger partial charge is 0.128 e. The molecule has 0 radical (unpaired) electrons. The SMILES string of the molecule is CC(C)NC1CCN(C)C[C@@H]1F. The van der Waals surface area contributed by atoms with Crippen LogP contribution in [-0.2, 0) is 0 Å². The van der Waals surface area contributed by atoms with Crippen molar-refractivity contribution in [1.29, 1.82) is 0 Å². The monoisotopic (exact) mass is 174 g/mol. The maximum Gasteiger partial charge on any atom is 0.128 e. The minimum absolute atomic E-state index is 0.0706. The Morgan fingerprint density at radius 1 is 1.50 bits per heavy atom. The number of alkyl halides is 1. The quantitative estimate of drug-likeness (QED) is 0.672. The fraction of sp³-hybridized carbons (Fsp3) is 1.00. The van der Waals surface area contributed by atoms with Crippen LogP contribution >= 0.6 is 0 Å². The molecule has 0 spiro atoms. The van der Waals surface area contributed by atoms with E-state index in [0.717, 1.165) is 13.0 Å². The summed E-state index contributed by atoms with van der Waals surface area (Å²) < 4.78 is 13.4. The molecule has 1 fully saturated rings. The van der Waals surface area contributed by atoms with E-state index >= 15 is 0 Å². The number of hydrogen-bond acceptors (Lipinski definition) is 2. The number of nitrogens with one attached hydrogen (secondary N) is 1. The van der Waals surface area contributed by atoms with Crippen molar-refractivity contribution in [2.45, 2.75) is 38.5 Å². The number of piperidine rings is 1. The lowest BCUT2D eigenvalue weighted by Gasteiger charge is -2.33. The van der Waals surface area contributed by atoms with Gasteiger partial charge < -0.3 is 10.2 Å². The molecule has 1 N–H and O–H groups in total. The van der Waals surface area contributed by atoms with Crippen molar-refractivity contribution >= 4 is 0 Å². The van der Waals surface area contributed by atoms with Gasteiger partial charge in [0.2, 0.25) is 0 Å². The molecule has 0 aromatic carbocycles. The summed E-state index contributed by atoms with van der Waals surface area (Å²) in [5, 5.41) is 3.25. The molecule has 0 aromatic heterocycles. The van der Waals surface area contributed by atoms with E-state index in [0.29, 0.717) is 12.6 Å². The molecule has 1 unspecified atom stereocenters. The predicted octanol–water partition coefficient (Wildman–Crippen LogP) is 1.03. The Bertz CT molecular complexity index is 138. The van der Waals surface area contributed by atoms with Gasteiger partial charge in [-0.05, 0) is 20.0 Å². The minimum Gasteiger partial charge on any atom is -0.309 e. The first-order valence-electron chi connectivity index (χ1n) is 4.68. The number of nitrogens with zero attached hydrogens (tertiary/aromatic N) is 1. The summed E-state index contributed by atoms with van der Waals surface area (Å²) in [7, 11) is 1.97. The average Bonchev–Trinajstić information content (AvgIpc) is 1.94. The van der Waals surface area contributed by atoms with E-state index in [1.165, 1.54) is 0 Å².